The number of aryl methyl sites for hydroxylation is 1. The van der Waals surface area contributed by atoms with Gasteiger partial charge in [0.15, 0.2) is 0 Å². The Morgan fingerprint density at radius 1 is 1.60 bits per heavy atom. The van der Waals surface area contributed by atoms with Crippen molar-refractivity contribution < 1.29 is 9.32 Å². The molecule has 0 aromatic carbocycles. The van der Waals surface area contributed by atoms with Crippen molar-refractivity contribution in [2.75, 3.05) is 13.6 Å². The van der Waals surface area contributed by atoms with E-state index in [0.717, 1.165) is 24.4 Å². The predicted molar refractivity (Wildman–Crippen MR) is 56.2 cm³/mol. The summed E-state index contributed by atoms with van der Waals surface area (Å²) >= 11 is 0. The van der Waals surface area contributed by atoms with Gasteiger partial charge in [-0.1, -0.05) is 5.16 Å². The second-order valence-corrected chi connectivity index (χ2v) is 3.38. The number of rotatable bonds is 6. The predicted octanol–water partition coefficient (Wildman–Crippen LogP) is 0.599. The van der Waals surface area contributed by atoms with Crippen LogP contribution in [-0.4, -0.2) is 24.7 Å². The summed E-state index contributed by atoms with van der Waals surface area (Å²) in [4.78, 5) is 10.9. The zero-order valence-corrected chi connectivity index (χ0v) is 9.17. The highest BCUT2D eigenvalue weighted by Crippen LogP contribution is 2.00. The monoisotopic (exact) mass is 211 g/mol. The molecule has 1 heterocycles. The molecule has 0 aliphatic rings. The molecule has 15 heavy (non-hydrogen) atoms. The van der Waals surface area contributed by atoms with Crippen molar-refractivity contribution in [3.8, 4) is 0 Å². The van der Waals surface area contributed by atoms with Crippen LogP contribution in [-0.2, 0) is 11.3 Å². The van der Waals surface area contributed by atoms with Gasteiger partial charge in [-0.25, -0.2) is 0 Å². The van der Waals surface area contributed by atoms with E-state index < -0.39 is 0 Å². The molecule has 0 bridgehead atoms. The van der Waals surface area contributed by atoms with Crippen molar-refractivity contribution in [1.82, 2.24) is 15.8 Å². The van der Waals surface area contributed by atoms with Crippen molar-refractivity contribution in [3.05, 3.63) is 17.5 Å². The molecule has 0 aliphatic heterocycles. The maximum Gasteiger partial charge on any atom is 0.219 e. The van der Waals surface area contributed by atoms with Gasteiger partial charge in [-0.3, -0.25) is 4.79 Å². The average Bonchev–Trinajstić information content (AvgIpc) is 2.63. The molecule has 1 rings (SSSR count). The van der Waals surface area contributed by atoms with Crippen LogP contribution < -0.4 is 10.6 Å². The zero-order chi connectivity index (χ0) is 11.1. The van der Waals surface area contributed by atoms with Crippen molar-refractivity contribution in [1.29, 1.82) is 0 Å². The lowest BCUT2D eigenvalue weighted by molar-refractivity contribution is -0.120. The van der Waals surface area contributed by atoms with Gasteiger partial charge in [0.2, 0.25) is 5.91 Å². The molecule has 0 spiro atoms. The molecule has 5 nitrogen and oxygen atoms in total. The van der Waals surface area contributed by atoms with Gasteiger partial charge >= 0.3 is 0 Å². The fourth-order valence-electron chi connectivity index (χ4n) is 1.22. The molecule has 1 aromatic heterocycles. The van der Waals surface area contributed by atoms with Gasteiger partial charge in [0.1, 0.15) is 5.76 Å². The molecule has 0 fully saturated rings. The smallest absolute Gasteiger partial charge is 0.219 e. The lowest BCUT2D eigenvalue weighted by Gasteiger charge is -2.01. The van der Waals surface area contributed by atoms with Gasteiger partial charge in [0.25, 0.3) is 0 Å². The largest absolute Gasteiger partial charge is 0.361 e. The van der Waals surface area contributed by atoms with Gasteiger partial charge in [-0.15, -0.1) is 0 Å². The van der Waals surface area contributed by atoms with E-state index in [-0.39, 0.29) is 5.91 Å². The molecule has 0 saturated carbocycles. The summed E-state index contributed by atoms with van der Waals surface area (Å²) in [5.74, 6) is 0.895. The molecule has 0 atom stereocenters. The number of hydrogen-bond acceptors (Lipinski definition) is 4. The summed E-state index contributed by atoms with van der Waals surface area (Å²) in [7, 11) is 1.65. The topological polar surface area (TPSA) is 67.2 Å². The van der Waals surface area contributed by atoms with Crippen LogP contribution in [0.4, 0.5) is 0 Å². The fourth-order valence-corrected chi connectivity index (χ4v) is 1.22. The molecule has 0 aliphatic carbocycles. The Bertz CT molecular complexity index is 309. The van der Waals surface area contributed by atoms with Gasteiger partial charge in [-0.05, 0) is 19.9 Å². The van der Waals surface area contributed by atoms with Crippen LogP contribution in [0.2, 0.25) is 0 Å². The third-order valence-electron chi connectivity index (χ3n) is 2.02. The number of aromatic nitrogens is 1. The van der Waals surface area contributed by atoms with Crippen LogP contribution in [0, 0.1) is 6.92 Å². The van der Waals surface area contributed by atoms with Crippen LogP contribution >= 0.6 is 0 Å². The summed E-state index contributed by atoms with van der Waals surface area (Å²) in [6.07, 6.45) is 1.39. The van der Waals surface area contributed by atoms with E-state index >= 15 is 0 Å². The van der Waals surface area contributed by atoms with Crippen molar-refractivity contribution in [3.63, 3.8) is 0 Å². The first-order valence-corrected chi connectivity index (χ1v) is 5.06. The first kappa shape index (κ1) is 11.7. The molecule has 5 heteroatoms. The van der Waals surface area contributed by atoms with Crippen LogP contribution in [0.3, 0.4) is 0 Å². The van der Waals surface area contributed by atoms with E-state index in [1.165, 1.54) is 0 Å². The zero-order valence-electron chi connectivity index (χ0n) is 9.17. The first-order chi connectivity index (χ1) is 7.22. The third kappa shape index (κ3) is 4.60. The number of nitrogens with one attached hydrogen (secondary N) is 2. The molecule has 0 saturated heterocycles. The van der Waals surface area contributed by atoms with Gasteiger partial charge in [0.05, 0.1) is 5.69 Å². The summed E-state index contributed by atoms with van der Waals surface area (Å²) < 4.78 is 4.92. The maximum atomic E-state index is 10.9. The lowest BCUT2D eigenvalue weighted by Crippen LogP contribution is -2.21. The number of carbonyl (C=O) groups excluding carboxylic acids is 1. The van der Waals surface area contributed by atoms with Crippen molar-refractivity contribution in [2.45, 2.75) is 26.3 Å². The van der Waals surface area contributed by atoms with Crippen molar-refractivity contribution >= 4 is 5.91 Å². The molecule has 1 amide bonds. The highest BCUT2D eigenvalue weighted by atomic mass is 16.5. The minimum Gasteiger partial charge on any atom is -0.361 e. The highest BCUT2D eigenvalue weighted by molar-refractivity contribution is 5.75. The number of hydrogen-bond donors (Lipinski definition) is 2. The van der Waals surface area contributed by atoms with E-state index in [2.05, 4.69) is 15.8 Å². The Morgan fingerprint density at radius 2 is 2.40 bits per heavy atom. The van der Waals surface area contributed by atoms with Gasteiger partial charge < -0.3 is 15.2 Å². The quantitative estimate of drug-likeness (QED) is 0.676. The number of carbonyl (C=O) groups is 1. The Hall–Kier alpha value is -1.36. The Balaban J connectivity index is 2.05. The third-order valence-corrected chi connectivity index (χ3v) is 2.02. The molecule has 1 aromatic rings. The molecular weight excluding hydrogens is 194 g/mol. The van der Waals surface area contributed by atoms with E-state index in [9.17, 15) is 4.79 Å². The Labute approximate surface area is 89.2 Å². The van der Waals surface area contributed by atoms with Crippen LogP contribution in [0.15, 0.2) is 10.6 Å². The summed E-state index contributed by atoms with van der Waals surface area (Å²) in [5.41, 5.74) is 0.896. The lowest BCUT2D eigenvalue weighted by atomic mass is 10.3. The van der Waals surface area contributed by atoms with Gasteiger partial charge in [-0.2, -0.15) is 0 Å². The standard InChI is InChI=1S/C10H17N3O2/c1-8-6-9(13-15-8)7-12-5-3-4-10(14)11-2/h6,12H,3-5,7H2,1-2H3,(H,11,14). The number of amides is 1. The molecule has 2 N–H and O–H groups in total. The normalized spacial score (nSPS) is 10.3. The molecule has 0 unspecified atom stereocenters. The second-order valence-electron chi connectivity index (χ2n) is 3.38. The Kier molecular flexibility index (Phi) is 4.83. The van der Waals surface area contributed by atoms with Crippen molar-refractivity contribution in [2.24, 2.45) is 0 Å². The van der Waals surface area contributed by atoms with E-state index in [4.69, 9.17) is 4.52 Å². The Morgan fingerprint density at radius 3 is 3.00 bits per heavy atom. The maximum absolute atomic E-state index is 10.9. The summed E-state index contributed by atoms with van der Waals surface area (Å²) in [6.45, 7) is 3.35. The van der Waals surface area contributed by atoms with Crippen LogP contribution in [0.25, 0.3) is 0 Å². The van der Waals surface area contributed by atoms with E-state index in [1.54, 1.807) is 7.05 Å². The minimum atomic E-state index is 0.0779. The highest BCUT2D eigenvalue weighted by Gasteiger charge is 2.00. The average molecular weight is 211 g/mol. The van der Waals surface area contributed by atoms with E-state index in [0.29, 0.717) is 13.0 Å². The molecular formula is C10H17N3O2. The fraction of sp³-hybridized carbons (Fsp3) is 0.600. The van der Waals surface area contributed by atoms with E-state index in [1.807, 2.05) is 13.0 Å². The summed E-state index contributed by atoms with van der Waals surface area (Å²) in [6, 6.07) is 1.89. The minimum absolute atomic E-state index is 0.0779. The molecule has 0 radical (unpaired) electrons. The molecule has 84 valence electrons. The first-order valence-electron chi connectivity index (χ1n) is 5.06. The van der Waals surface area contributed by atoms with Gasteiger partial charge in [0, 0.05) is 26.1 Å². The number of nitrogens with zero attached hydrogens (tertiary/aromatic N) is 1. The van der Waals surface area contributed by atoms with Crippen LogP contribution in [0.1, 0.15) is 24.3 Å². The summed E-state index contributed by atoms with van der Waals surface area (Å²) in [5, 5.41) is 9.62. The SMILES string of the molecule is CNC(=O)CCCNCc1cc(C)on1. The second kappa shape index (κ2) is 6.19. The van der Waals surface area contributed by atoms with Crippen LogP contribution in [0.5, 0.6) is 0 Å².